The maximum absolute atomic E-state index is 5.92. The number of rotatable bonds is 4. The fraction of sp³-hybridized carbons (Fsp3) is 0.438. The first-order chi connectivity index (χ1) is 9.78. The molecule has 0 unspecified atom stereocenters. The van der Waals surface area contributed by atoms with Gasteiger partial charge in [0.05, 0.1) is 6.61 Å². The van der Waals surface area contributed by atoms with Crippen LogP contribution in [0.5, 0.6) is 0 Å². The van der Waals surface area contributed by atoms with Gasteiger partial charge in [-0.3, -0.25) is 0 Å². The summed E-state index contributed by atoms with van der Waals surface area (Å²) in [6, 6.07) is 7.51. The number of hydrogen-bond donors (Lipinski definition) is 0. The van der Waals surface area contributed by atoms with Crippen molar-refractivity contribution in [3.8, 4) is 12.3 Å². The van der Waals surface area contributed by atoms with Crippen molar-refractivity contribution in [1.29, 1.82) is 0 Å². The van der Waals surface area contributed by atoms with Gasteiger partial charge in [0.25, 0.3) is 5.90 Å². The predicted molar refractivity (Wildman–Crippen MR) is 86.1 cm³/mol. The first-order valence-corrected chi connectivity index (χ1v) is 8.03. The molecule has 0 aromatic heterocycles. The summed E-state index contributed by atoms with van der Waals surface area (Å²) in [4.78, 5) is 0.950. The molecule has 1 aliphatic carbocycles. The number of halogens is 1. The molecule has 1 aliphatic rings. The largest absolute Gasteiger partial charge is 0.471 e. The maximum atomic E-state index is 5.92. The highest BCUT2D eigenvalue weighted by molar-refractivity contribution is 7.98. The van der Waals surface area contributed by atoms with E-state index in [1.165, 1.54) is 44.1 Å². The van der Waals surface area contributed by atoms with Crippen molar-refractivity contribution in [3.05, 3.63) is 29.3 Å². The second-order valence-electron chi connectivity index (χ2n) is 4.90. The highest BCUT2D eigenvalue weighted by Gasteiger charge is 2.14. The average Bonchev–Trinajstić information content (AvgIpc) is 2.48. The van der Waals surface area contributed by atoms with E-state index in [9.17, 15) is 0 Å². The van der Waals surface area contributed by atoms with Crippen LogP contribution in [-0.2, 0) is 4.74 Å². The molecule has 1 aromatic rings. The van der Waals surface area contributed by atoms with Crippen LogP contribution < -0.4 is 0 Å². The molecule has 4 heteroatoms. The van der Waals surface area contributed by atoms with Crippen LogP contribution in [-0.4, -0.2) is 12.5 Å². The first kappa shape index (κ1) is 15.3. The zero-order chi connectivity index (χ0) is 14.2. The third-order valence-electron chi connectivity index (χ3n) is 3.33. The quantitative estimate of drug-likeness (QED) is 0.339. The topological polar surface area (TPSA) is 21.6 Å². The van der Waals surface area contributed by atoms with Gasteiger partial charge in [-0.05, 0) is 42.9 Å². The fourth-order valence-corrected chi connectivity index (χ4v) is 3.13. The Balaban J connectivity index is 1.84. The number of hydrogen-bond acceptors (Lipinski definition) is 3. The molecule has 2 rings (SSSR count). The van der Waals surface area contributed by atoms with Crippen LogP contribution in [0.15, 0.2) is 33.6 Å². The van der Waals surface area contributed by atoms with Crippen molar-refractivity contribution in [2.75, 3.05) is 6.61 Å². The molecule has 0 atom stereocenters. The lowest BCUT2D eigenvalue weighted by atomic mass is 9.90. The van der Waals surface area contributed by atoms with E-state index >= 15 is 0 Å². The normalized spacial score (nSPS) is 16.7. The summed E-state index contributed by atoms with van der Waals surface area (Å²) >= 11 is 7.21. The number of terminal acetylenes is 1. The minimum Gasteiger partial charge on any atom is -0.471 e. The summed E-state index contributed by atoms with van der Waals surface area (Å²) in [5.74, 6) is 3.49. The summed E-state index contributed by atoms with van der Waals surface area (Å²) in [6.07, 6.45) is 11.9. The Morgan fingerprint density at radius 1 is 1.40 bits per heavy atom. The molecule has 1 aromatic carbocycles. The van der Waals surface area contributed by atoms with Gasteiger partial charge in [-0.25, -0.2) is 0 Å². The summed E-state index contributed by atoms with van der Waals surface area (Å²) in [7, 11) is 0. The van der Waals surface area contributed by atoms with E-state index in [4.69, 9.17) is 22.8 Å². The maximum Gasteiger partial charge on any atom is 0.275 e. The van der Waals surface area contributed by atoms with Crippen molar-refractivity contribution in [2.24, 2.45) is 10.3 Å². The molecule has 106 valence electrons. The van der Waals surface area contributed by atoms with E-state index < -0.39 is 0 Å². The Kier molecular flexibility index (Phi) is 6.29. The van der Waals surface area contributed by atoms with Crippen LogP contribution in [0.1, 0.15) is 32.1 Å². The van der Waals surface area contributed by atoms with Crippen molar-refractivity contribution in [1.82, 2.24) is 0 Å². The molecule has 0 heterocycles. The Bertz CT molecular complexity index is 503. The lowest BCUT2D eigenvalue weighted by molar-refractivity contribution is 0.202. The molecule has 0 radical (unpaired) electrons. The number of ether oxygens (including phenoxy) is 1. The van der Waals surface area contributed by atoms with E-state index in [0.717, 1.165) is 4.90 Å². The number of benzene rings is 1. The Morgan fingerprint density at radius 2 is 2.20 bits per heavy atom. The Labute approximate surface area is 130 Å². The van der Waals surface area contributed by atoms with Gasteiger partial charge in [0.2, 0.25) is 0 Å². The zero-order valence-electron chi connectivity index (χ0n) is 11.3. The smallest absolute Gasteiger partial charge is 0.275 e. The van der Waals surface area contributed by atoms with Gasteiger partial charge in [0.15, 0.2) is 0 Å². The van der Waals surface area contributed by atoms with Gasteiger partial charge in [-0.15, -0.1) is 6.42 Å². The standard InChI is InChI=1S/C16H18ClNOS/c1-2-16(19-12-13-7-4-3-5-8-13)18-20-15-10-6-9-14(17)11-15/h1,6,9-11,13H,3-5,7-8,12H2. The molecule has 20 heavy (non-hydrogen) atoms. The van der Waals surface area contributed by atoms with Crippen molar-refractivity contribution in [2.45, 2.75) is 37.0 Å². The molecule has 0 aliphatic heterocycles. The molecule has 0 spiro atoms. The van der Waals surface area contributed by atoms with Crippen LogP contribution in [0.2, 0.25) is 5.02 Å². The lowest BCUT2D eigenvalue weighted by Gasteiger charge is -2.21. The first-order valence-electron chi connectivity index (χ1n) is 6.88. The van der Waals surface area contributed by atoms with Crippen LogP contribution in [0.25, 0.3) is 0 Å². The highest BCUT2D eigenvalue weighted by atomic mass is 35.5. The molecule has 0 N–H and O–H groups in total. The third kappa shape index (κ3) is 5.11. The van der Waals surface area contributed by atoms with E-state index in [1.807, 2.05) is 24.3 Å². The highest BCUT2D eigenvalue weighted by Crippen LogP contribution is 2.25. The minimum absolute atomic E-state index is 0.362. The Morgan fingerprint density at radius 3 is 2.90 bits per heavy atom. The third-order valence-corrected chi connectivity index (χ3v) is 4.29. The van der Waals surface area contributed by atoms with Crippen LogP contribution >= 0.6 is 23.5 Å². The van der Waals surface area contributed by atoms with Crippen LogP contribution in [0.4, 0.5) is 0 Å². The van der Waals surface area contributed by atoms with Gasteiger partial charge in [-0.2, -0.15) is 4.40 Å². The molecule has 2 nitrogen and oxygen atoms in total. The van der Waals surface area contributed by atoms with Gasteiger partial charge in [-0.1, -0.05) is 36.9 Å². The second-order valence-corrected chi connectivity index (χ2v) is 6.18. The van der Waals surface area contributed by atoms with Crippen molar-refractivity contribution >= 4 is 29.4 Å². The Hall–Kier alpha value is -1.11. The zero-order valence-corrected chi connectivity index (χ0v) is 12.9. The lowest BCUT2D eigenvalue weighted by Crippen LogP contribution is -2.15. The van der Waals surface area contributed by atoms with Crippen molar-refractivity contribution in [3.63, 3.8) is 0 Å². The molecule has 1 saturated carbocycles. The van der Waals surface area contributed by atoms with E-state index in [1.54, 1.807) is 0 Å². The molecular formula is C16H18ClNOS. The molecule has 1 fully saturated rings. The van der Waals surface area contributed by atoms with Gasteiger partial charge >= 0.3 is 0 Å². The molecule has 0 bridgehead atoms. The van der Waals surface area contributed by atoms with E-state index in [2.05, 4.69) is 10.3 Å². The SMILES string of the molecule is C#CC(=NSc1cccc(Cl)c1)OCC1CCCCC1. The van der Waals surface area contributed by atoms with Crippen LogP contribution in [0, 0.1) is 18.3 Å². The van der Waals surface area contributed by atoms with Gasteiger partial charge in [0.1, 0.15) is 0 Å². The van der Waals surface area contributed by atoms with E-state index in [-0.39, 0.29) is 0 Å². The minimum atomic E-state index is 0.362. The predicted octanol–water partition coefficient (Wildman–Crippen LogP) is 4.98. The van der Waals surface area contributed by atoms with Gasteiger partial charge in [0, 0.05) is 21.9 Å². The monoisotopic (exact) mass is 307 g/mol. The van der Waals surface area contributed by atoms with Gasteiger partial charge < -0.3 is 4.74 Å². The molecule has 0 saturated heterocycles. The molecule has 0 amide bonds. The second kappa shape index (κ2) is 8.24. The molecular weight excluding hydrogens is 290 g/mol. The summed E-state index contributed by atoms with van der Waals surface area (Å²) in [6.45, 7) is 0.680. The average molecular weight is 308 g/mol. The van der Waals surface area contributed by atoms with E-state index in [0.29, 0.717) is 23.4 Å². The van der Waals surface area contributed by atoms with Crippen molar-refractivity contribution < 1.29 is 4.74 Å². The summed E-state index contributed by atoms with van der Waals surface area (Å²) in [5.41, 5.74) is 0. The van der Waals surface area contributed by atoms with Crippen LogP contribution in [0.3, 0.4) is 0 Å². The summed E-state index contributed by atoms with van der Waals surface area (Å²) in [5, 5.41) is 0.690. The summed E-state index contributed by atoms with van der Waals surface area (Å²) < 4.78 is 9.90. The fourth-order valence-electron chi connectivity index (χ4n) is 2.26. The number of nitrogens with zero attached hydrogens (tertiary/aromatic N) is 1.